The fourth-order valence-electron chi connectivity index (χ4n) is 4.46. The number of methoxy groups -OCH3 is 1. The molecule has 3 rings (SSSR count). The molecule has 2 heteroatoms. The van der Waals surface area contributed by atoms with E-state index in [1.54, 1.807) is 12.7 Å². The molecule has 2 nitrogen and oxygen atoms in total. The van der Waals surface area contributed by atoms with Crippen molar-refractivity contribution < 1.29 is 4.74 Å². The lowest BCUT2D eigenvalue weighted by molar-refractivity contribution is 0.105. The Kier molecular flexibility index (Phi) is 4.42. The number of hydrogen-bond donors (Lipinski definition) is 1. The zero-order chi connectivity index (χ0) is 13.8. The van der Waals surface area contributed by atoms with Crippen LogP contribution in [0.25, 0.3) is 0 Å². The van der Waals surface area contributed by atoms with Gasteiger partial charge in [-0.2, -0.15) is 0 Å². The molecule has 3 unspecified atom stereocenters. The Morgan fingerprint density at radius 1 is 1.20 bits per heavy atom. The molecule has 0 saturated heterocycles. The van der Waals surface area contributed by atoms with Crippen molar-refractivity contribution in [3.05, 3.63) is 35.9 Å². The first-order chi connectivity index (χ1) is 9.84. The van der Waals surface area contributed by atoms with Crippen LogP contribution in [-0.4, -0.2) is 26.3 Å². The summed E-state index contributed by atoms with van der Waals surface area (Å²) in [5, 5.41) is 3.72. The van der Waals surface area contributed by atoms with Gasteiger partial charge in [-0.1, -0.05) is 36.8 Å². The van der Waals surface area contributed by atoms with Gasteiger partial charge in [-0.15, -0.1) is 0 Å². The van der Waals surface area contributed by atoms with Gasteiger partial charge in [-0.25, -0.2) is 0 Å². The predicted molar refractivity (Wildman–Crippen MR) is 83.0 cm³/mol. The Morgan fingerprint density at radius 2 is 2.05 bits per heavy atom. The molecule has 0 aromatic heterocycles. The summed E-state index contributed by atoms with van der Waals surface area (Å²) >= 11 is 0. The molecule has 0 amide bonds. The molecule has 20 heavy (non-hydrogen) atoms. The van der Waals surface area contributed by atoms with Gasteiger partial charge in [0.25, 0.3) is 0 Å². The molecule has 1 aromatic carbocycles. The lowest BCUT2D eigenvalue weighted by Gasteiger charge is -2.49. The minimum absolute atomic E-state index is 0.476. The third kappa shape index (κ3) is 2.77. The van der Waals surface area contributed by atoms with E-state index in [0.717, 1.165) is 19.1 Å². The number of benzene rings is 1. The Hall–Kier alpha value is -0.860. The predicted octanol–water partition coefficient (Wildman–Crippen LogP) is 3.51. The third-order valence-electron chi connectivity index (χ3n) is 5.48. The van der Waals surface area contributed by atoms with E-state index in [2.05, 4.69) is 35.6 Å². The maximum atomic E-state index is 5.16. The van der Waals surface area contributed by atoms with Gasteiger partial charge in [-0.05, 0) is 49.0 Å². The summed E-state index contributed by atoms with van der Waals surface area (Å²) in [4.78, 5) is 0. The van der Waals surface area contributed by atoms with Gasteiger partial charge >= 0.3 is 0 Å². The van der Waals surface area contributed by atoms with Crippen LogP contribution in [0, 0.1) is 5.92 Å². The molecule has 0 heterocycles. The molecule has 2 saturated carbocycles. The molecule has 110 valence electrons. The summed E-state index contributed by atoms with van der Waals surface area (Å²) in [6, 6.07) is 12.0. The summed E-state index contributed by atoms with van der Waals surface area (Å²) in [6.45, 7) is 1.82. The first kappa shape index (κ1) is 14.1. The van der Waals surface area contributed by atoms with E-state index in [0.29, 0.717) is 11.5 Å². The highest BCUT2D eigenvalue weighted by Gasteiger charge is 2.44. The van der Waals surface area contributed by atoms with Crippen molar-refractivity contribution in [2.24, 2.45) is 5.92 Å². The lowest BCUT2D eigenvalue weighted by Crippen LogP contribution is -2.49. The number of hydrogen-bond acceptors (Lipinski definition) is 2. The van der Waals surface area contributed by atoms with Gasteiger partial charge in [0.2, 0.25) is 0 Å². The second kappa shape index (κ2) is 6.28. The molecule has 2 bridgehead atoms. The van der Waals surface area contributed by atoms with Crippen LogP contribution in [0.5, 0.6) is 0 Å². The highest BCUT2D eigenvalue weighted by molar-refractivity contribution is 5.27. The summed E-state index contributed by atoms with van der Waals surface area (Å²) in [7, 11) is 1.78. The van der Waals surface area contributed by atoms with Crippen LogP contribution < -0.4 is 5.32 Å². The summed E-state index contributed by atoms with van der Waals surface area (Å²) in [6.07, 6.45) is 8.22. The Morgan fingerprint density at radius 3 is 2.85 bits per heavy atom. The van der Waals surface area contributed by atoms with Crippen LogP contribution in [0.2, 0.25) is 0 Å². The zero-order valence-electron chi connectivity index (χ0n) is 12.6. The molecule has 1 N–H and O–H groups in total. The molecule has 3 atom stereocenters. The van der Waals surface area contributed by atoms with Crippen LogP contribution in [0.4, 0.5) is 0 Å². The van der Waals surface area contributed by atoms with Gasteiger partial charge in [0.1, 0.15) is 0 Å². The molecular formula is C18H27NO. The van der Waals surface area contributed by atoms with Gasteiger partial charge in [0.05, 0.1) is 6.61 Å². The standard InChI is InChI=1S/C18H27NO/c1-20-13-12-19-17-9-11-18(10-5-6-15(17)14-18)16-7-3-2-4-8-16/h2-4,7-8,15,17,19H,5-6,9-14H2,1H3. The van der Waals surface area contributed by atoms with Gasteiger partial charge in [0, 0.05) is 19.7 Å². The largest absolute Gasteiger partial charge is 0.383 e. The van der Waals surface area contributed by atoms with Crippen molar-refractivity contribution in [1.29, 1.82) is 0 Å². The van der Waals surface area contributed by atoms with E-state index < -0.39 is 0 Å². The number of rotatable bonds is 5. The average Bonchev–Trinajstić information content (AvgIpc) is 2.51. The van der Waals surface area contributed by atoms with Crippen molar-refractivity contribution in [1.82, 2.24) is 5.32 Å². The fourth-order valence-corrected chi connectivity index (χ4v) is 4.46. The molecule has 0 radical (unpaired) electrons. The Bertz CT molecular complexity index is 419. The topological polar surface area (TPSA) is 21.3 Å². The van der Waals surface area contributed by atoms with Crippen LogP contribution in [0.3, 0.4) is 0 Å². The van der Waals surface area contributed by atoms with Crippen molar-refractivity contribution in [3.63, 3.8) is 0 Å². The Balaban J connectivity index is 1.69. The second-order valence-electron chi connectivity index (χ2n) is 6.59. The molecular weight excluding hydrogens is 246 g/mol. The van der Waals surface area contributed by atoms with E-state index >= 15 is 0 Å². The van der Waals surface area contributed by atoms with Crippen LogP contribution in [0.15, 0.2) is 30.3 Å². The van der Waals surface area contributed by atoms with Gasteiger partial charge in [-0.3, -0.25) is 0 Å². The maximum absolute atomic E-state index is 5.16. The van der Waals surface area contributed by atoms with E-state index in [-0.39, 0.29) is 0 Å². The number of ether oxygens (including phenoxy) is 1. The fraction of sp³-hybridized carbons (Fsp3) is 0.667. The normalized spacial score (nSPS) is 33.0. The molecule has 2 fully saturated rings. The Labute approximate surface area is 122 Å². The van der Waals surface area contributed by atoms with Crippen LogP contribution in [0.1, 0.15) is 44.1 Å². The van der Waals surface area contributed by atoms with E-state index in [9.17, 15) is 0 Å². The number of fused-ring (bicyclic) bond motifs is 2. The quantitative estimate of drug-likeness (QED) is 0.829. The molecule has 2 aliphatic rings. The average molecular weight is 273 g/mol. The van der Waals surface area contributed by atoms with Crippen molar-refractivity contribution in [2.75, 3.05) is 20.3 Å². The maximum Gasteiger partial charge on any atom is 0.0587 e. The van der Waals surface area contributed by atoms with E-state index in [4.69, 9.17) is 4.74 Å². The monoisotopic (exact) mass is 273 g/mol. The molecule has 1 aromatic rings. The van der Waals surface area contributed by atoms with Gasteiger partial charge < -0.3 is 10.1 Å². The summed E-state index contributed by atoms with van der Waals surface area (Å²) in [5.41, 5.74) is 2.06. The first-order valence-corrected chi connectivity index (χ1v) is 8.12. The van der Waals surface area contributed by atoms with Gasteiger partial charge in [0.15, 0.2) is 0 Å². The lowest BCUT2D eigenvalue weighted by atomic mass is 9.58. The second-order valence-corrected chi connectivity index (χ2v) is 6.59. The van der Waals surface area contributed by atoms with Crippen molar-refractivity contribution >= 4 is 0 Å². The minimum Gasteiger partial charge on any atom is -0.383 e. The van der Waals surface area contributed by atoms with E-state index in [1.165, 1.54) is 38.5 Å². The zero-order valence-corrected chi connectivity index (χ0v) is 12.6. The van der Waals surface area contributed by atoms with Crippen LogP contribution >= 0.6 is 0 Å². The third-order valence-corrected chi connectivity index (χ3v) is 5.48. The summed E-state index contributed by atoms with van der Waals surface area (Å²) in [5.74, 6) is 0.856. The molecule has 0 spiro atoms. The highest BCUT2D eigenvalue weighted by atomic mass is 16.5. The smallest absolute Gasteiger partial charge is 0.0587 e. The minimum atomic E-state index is 0.476. The van der Waals surface area contributed by atoms with E-state index in [1.807, 2.05) is 0 Å². The first-order valence-electron chi connectivity index (χ1n) is 8.12. The summed E-state index contributed by atoms with van der Waals surface area (Å²) < 4.78 is 5.16. The highest BCUT2D eigenvalue weighted by Crippen LogP contribution is 2.50. The SMILES string of the molecule is COCCNC1CCC2(c3ccccc3)CCCC1C2. The molecule has 0 aliphatic heterocycles. The number of nitrogens with one attached hydrogen (secondary N) is 1. The van der Waals surface area contributed by atoms with Crippen molar-refractivity contribution in [3.8, 4) is 0 Å². The van der Waals surface area contributed by atoms with Crippen LogP contribution in [-0.2, 0) is 10.2 Å². The molecule has 2 aliphatic carbocycles. The van der Waals surface area contributed by atoms with Crippen molar-refractivity contribution in [2.45, 2.75) is 50.0 Å².